The van der Waals surface area contributed by atoms with Crippen molar-refractivity contribution >= 4 is 23.2 Å². The van der Waals surface area contributed by atoms with Crippen LogP contribution in [0.4, 0.5) is 0 Å². The van der Waals surface area contributed by atoms with E-state index in [1.165, 1.54) is 18.4 Å². The molecule has 3 atom stereocenters. The van der Waals surface area contributed by atoms with Gasteiger partial charge >= 0.3 is 0 Å². The highest BCUT2D eigenvalue weighted by Crippen LogP contribution is 2.33. The summed E-state index contributed by atoms with van der Waals surface area (Å²) in [6.45, 7) is 5.26. The second kappa shape index (κ2) is 6.45. The quantitative estimate of drug-likeness (QED) is 0.887. The molecule has 0 amide bonds. The van der Waals surface area contributed by atoms with Gasteiger partial charge in [-0.1, -0.05) is 36.2 Å². The smallest absolute Gasteiger partial charge is 0.0595 e. The van der Waals surface area contributed by atoms with Crippen LogP contribution in [0.25, 0.3) is 0 Å². The molecule has 0 saturated carbocycles. The van der Waals surface area contributed by atoms with Gasteiger partial charge in [0.05, 0.1) is 10.0 Å². The molecule has 0 aliphatic carbocycles. The van der Waals surface area contributed by atoms with Gasteiger partial charge in [-0.3, -0.25) is 4.90 Å². The maximum atomic E-state index is 6.08. The normalized spacial score (nSPS) is 25.1. The lowest BCUT2D eigenvalue weighted by Crippen LogP contribution is -2.56. The second-order valence-electron chi connectivity index (χ2n) is 5.59. The Bertz CT molecular complexity index is 434. The Balaban J connectivity index is 2.03. The van der Waals surface area contributed by atoms with E-state index in [0.717, 1.165) is 13.0 Å². The molecule has 1 saturated heterocycles. The molecule has 1 aromatic carbocycles. The van der Waals surface area contributed by atoms with Crippen LogP contribution < -0.4 is 5.73 Å². The highest BCUT2D eigenvalue weighted by molar-refractivity contribution is 6.42. The van der Waals surface area contributed by atoms with E-state index >= 15 is 0 Å². The highest BCUT2D eigenvalue weighted by atomic mass is 35.5. The van der Waals surface area contributed by atoms with Crippen molar-refractivity contribution in [1.82, 2.24) is 4.90 Å². The number of nitrogens with two attached hydrogens (primary N) is 1. The predicted octanol–water partition coefficient (Wildman–Crippen LogP) is 4.08. The van der Waals surface area contributed by atoms with Gasteiger partial charge in [-0.25, -0.2) is 0 Å². The number of hydrogen-bond donors (Lipinski definition) is 1. The zero-order chi connectivity index (χ0) is 14.0. The molecule has 19 heavy (non-hydrogen) atoms. The van der Waals surface area contributed by atoms with E-state index in [2.05, 4.69) is 24.8 Å². The first-order chi connectivity index (χ1) is 9.01. The molecular weight excluding hydrogens is 279 g/mol. The number of hydrogen-bond acceptors (Lipinski definition) is 2. The summed E-state index contributed by atoms with van der Waals surface area (Å²) in [4.78, 5) is 2.54. The summed E-state index contributed by atoms with van der Waals surface area (Å²) in [6, 6.07) is 7.46. The Morgan fingerprint density at radius 1 is 1.32 bits per heavy atom. The summed E-state index contributed by atoms with van der Waals surface area (Å²) in [7, 11) is 0. The highest BCUT2D eigenvalue weighted by Gasteiger charge is 2.36. The lowest BCUT2D eigenvalue weighted by Gasteiger charge is -2.49. The Kier molecular flexibility index (Phi) is 5.13. The average molecular weight is 301 g/mol. The van der Waals surface area contributed by atoms with E-state index in [4.69, 9.17) is 28.9 Å². The van der Waals surface area contributed by atoms with Gasteiger partial charge in [-0.15, -0.1) is 0 Å². The summed E-state index contributed by atoms with van der Waals surface area (Å²) < 4.78 is 0. The lowest BCUT2D eigenvalue weighted by molar-refractivity contribution is -0.00264. The maximum Gasteiger partial charge on any atom is 0.0595 e. The van der Waals surface area contributed by atoms with Crippen LogP contribution in [0.2, 0.25) is 10.0 Å². The minimum Gasteiger partial charge on any atom is -0.328 e. The molecule has 2 nitrogen and oxygen atoms in total. The Hall–Kier alpha value is -0.280. The van der Waals surface area contributed by atoms with E-state index < -0.39 is 0 Å². The third-order valence-electron chi connectivity index (χ3n) is 3.95. The van der Waals surface area contributed by atoms with Gasteiger partial charge in [-0.2, -0.15) is 0 Å². The van der Waals surface area contributed by atoms with Crippen LogP contribution in [-0.2, 0) is 6.54 Å². The summed E-state index contributed by atoms with van der Waals surface area (Å²) in [6.07, 6.45) is 3.52. The summed E-state index contributed by atoms with van der Waals surface area (Å²) in [5.41, 5.74) is 7.15. The molecule has 106 valence electrons. The van der Waals surface area contributed by atoms with Gasteiger partial charge < -0.3 is 5.73 Å². The molecule has 0 spiro atoms. The fraction of sp³-hybridized carbons (Fsp3) is 0.600. The molecule has 1 aromatic rings. The number of rotatable bonds is 5. The first-order valence-electron chi connectivity index (χ1n) is 6.96. The molecule has 0 aromatic heterocycles. The summed E-state index contributed by atoms with van der Waals surface area (Å²) in [5.74, 6) is 0. The summed E-state index contributed by atoms with van der Waals surface area (Å²) >= 11 is 12.0. The van der Waals surface area contributed by atoms with Gasteiger partial charge in [0.15, 0.2) is 0 Å². The van der Waals surface area contributed by atoms with Crippen molar-refractivity contribution in [2.24, 2.45) is 5.73 Å². The molecule has 1 aliphatic heterocycles. The van der Waals surface area contributed by atoms with Gasteiger partial charge in [0.2, 0.25) is 0 Å². The zero-order valence-corrected chi connectivity index (χ0v) is 13.1. The molecule has 1 fully saturated rings. The molecule has 1 aliphatic rings. The molecule has 4 heteroatoms. The predicted molar refractivity (Wildman–Crippen MR) is 82.8 cm³/mol. The molecule has 2 N–H and O–H groups in total. The maximum absolute atomic E-state index is 6.08. The standard InChI is InChI=1S/C15H22Cl2N2/c1-3-12-8-13(6-10(2)18)19(12)9-11-4-5-14(16)15(17)7-11/h4-5,7,10,12-13H,3,6,8-9,18H2,1-2H3. The van der Waals surface area contributed by atoms with Crippen molar-refractivity contribution < 1.29 is 0 Å². The van der Waals surface area contributed by atoms with Crippen molar-refractivity contribution in [2.75, 3.05) is 0 Å². The van der Waals surface area contributed by atoms with Gasteiger partial charge in [0.25, 0.3) is 0 Å². The fourth-order valence-electron chi connectivity index (χ4n) is 2.91. The number of likely N-dealkylation sites (tertiary alicyclic amines) is 1. The Morgan fingerprint density at radius 3 is 2.63 bits per heavy atom. The molecule has 2 rings (SSSR count). The van der Waals surface area contributed by atoms with Crippen molar-refractivity contribution in [2.45, 2.75) is 57.8 Å². The number of nitrogens with zero attached hydrogens (tertiary/aromatic N) is 1. The molecular formula is C15H22Cl2N2. The minimum absolute atomic E-state index is 0.263. The van der Waals surface area contributed by atoms with Gasteiger partial charge in [-0.05, 0) is 43.9 Å². The topological polar surface area (TPSA) is 29.3 Å². The van der Waals surface area contributed by atoms with Gasteiger partial charge in [0, 0.05) is 24.7 Å². The Morgan fingerprint density at radius 2 is 2.05 bits per heavy atom. The molecule has 1 heterocycles. The van der Waals surface area contributed by atoms with Crippen LogP contribution in [0.5, 0.6) is 0 Å². The third-order valence-corrected chi connectivity index (χ3v) is 4.69. The first-order valence-corrected chi connectivity index (χ1v) is 7.72. The van der Waals surface area contributed by atoms with Gasteiger partial charge in [0.1, 0.15) is 0 Å². The monoisotopic (exact) mass is 300 g/mol. The van der Waals surface area contributed by atoms with Crippen molar-refractivity contribution in [3.05, 3.63) is 33.8 Å². The zero-order valence-electron chi connectivity index (χ0n) is 11.6. The van der Waals surface area contributed by atoms with Crippen LogP contribution in [0, 0.1) is 0 Å². The van der Waals surface area contributed by atoms with Crippen LogP contribution in [0.1, 0.15) is 38.7 Å². The molecule has 3 unspecified atom stereocenters. The van der Waals surface area contributed by atoms with Crippen LogP contribution >= 0.6 is 23.2 Å². The van der Waals surface area contributed by atoms with Crippen molar-refractivity contribution in [1.29, 1.82) is 0 Å². The average Bonchev–Trinajstić information content (AvgIpc) is 2.35. The summed E-state index contributed by atoms with van der Waals surface area (Å²) in [5, 5.41) is 1.25. The molecule has 0 bridgehead atoms. The van der Waals surface area contributed by atoms with Crippen LogP contribution in [-0.4, -0.2) is 23.0 Å². The molecule has 0 radical (unpaired) electrons. The third kappa shape index (κ3) is 3.63. The van der Waals surface area contributed by atoms with E-state index in [0.29, 0.717) is 22.1 Å². The van der Waals surface area contributed by atoms with Crippen molar-refractivity contribution in [3.8, 4) is 0 Å². The number of benzene rings is 1. The minimum atomic E-state index is 0.263. The van der Waals surface area contributed by atoms with E-state index in [-0.39, 0.29) is 6.04 Å². The lowest BCUT2D eigenvalue weighted by atomic mass is 9.86. The van der Waals surface area contributed by atoms with Crippen LogP contribution in [0.15, 0.2) is 18.2 Å². The Labute approximate surface area is 125 Å². The SMILES string of the molecule is CCC1CC(CC(C)N)N1Cc1ccc(Cl)c(Cl)c1. The van der Waals surface area contributed by atoms with Crippen LogP contribution in [0.3, 0.4) is 0 Å². The number of halogens is 2. The van der Waals surface area contributed by atoms with E-state index in [1.54, 1.807) is 0 Å². The first kappa shape index (κ1) is 15.1. The largest absolute Gasteiger partial charge is 0.328 e. The van der Waals surface area contributed by atoms with E-state index in [9.17, 15) is 0 Å². The van der Waals surface area contributed by atoms with E-state index in [1.807, 2.05) is 12.1 Å². The fourth-order valence-corrected chi connectivity index (χ4v) is 3.23. The van der Waals surface area contributed by atoms with Crippen molar-refractivity contribution in [3.63, 3.8) is 0 Å². The second-order valence-corrected chi connectivity index (χ2v) is 6.40.